The van der Waals surface area contributed by atoms with Crippen molar-refractivity contribution < 1.29 is 27.6 Å². The van der Waals surface area contributed by atoms with Crippen molar-refractivity contribution in [2.75, 3.05) is 37.7 Å². The van der Waals surface area contributed by atoms with Crippen LogP contribution in [0.25, 0.3) is 11.1 Å². The minimum atomic E-state index is -4.34. The maximum absolute atomic E-state index is 12.8. The number of nitrogens with one attached hydrogen (secondary N) is 1. The van der Waals surface area contributed by atoms with E-state index >= 15 is 0 Å². The molecule has 0 unspecified atom stereocenters. The minimum absolute atomic E-state index is 0.222. The zero-order valence-corrected chi connectivity index (χ0v) is 23.7. The highest BCUT2D eigenvalue weighted by atomic mass is 19.4. The lowest BCUT2D eigenvalue weighted by Gasteiger charge is -2.36. The fourth-order valence-electron chi connectivity index (χ4n) is 5.27. The van der Waals surface area contributed by atoms with E-state index in [-0.39, 0.29) is 17.9 Å². The van der Waals surface area contributed by atoms with Crippen molar-refractivity contribution in [2.45, 2.75) is 31.8 Å². The largest absolute Gasteiger partial charge is 0.490 e. The van der Waals surface area contributed by atoms with Crippen LogP contribution in [0.15, 0.2) is 79.0 Å². The van der Waals surface area contributed by atoms with Crippen molar-refractivity contribution in [3.8, 4) is 22.9 Å². The molecule has 1 atom stereocenters. The summed E-state index contributed by atoms with van der Waals surface area (Å²) >= 11 is 0. The van der Waals surface area contributed by atoms with E-state index in [2.05, 4.69) is 20.3 Å². The quantitative estimate of drug-likeness (QED) is 0.196. The molecule has 1 N–H and O–H groups in total. The van der Waals surface area contributed by atoms with Crippen LogP contribution in [0.4, 0.5) is 24.7 Å². The summed E-state index contributed by atoms with van der Waals surface area (Å²) in [5.74, 6) is 0.502. The molecule has 230 valence electrons. The average Bonchev–Trinajstić information content (AvgIpc) is 3.47. The number of hydrazine groups is 1. The molecule has 0 saturated carbocycles. The van der Waals surface area contributed by atoms with Crippen molar-refractivity contribution in [3.05, 3.63) is 100 Å². The summed E-state index contributed by atoms with van der Waals surface area (Å²) in [4.78, 5) is 16.6. The Bertz CT molecular complexity index is 1570. The first kappa shape index (κ1) is 29.5. The monoisotopic (exact) mass is 608 g/mol. The van der Waals surface area contributed by atoms with E-state index in [1.165, 1.54) is 18.3 Å². The van der Waals surface area contributed by atoms with Crippen molar-refractivity contribution in [3.63, 3.8) is 0 Å². The van der Waals surface area contributed by atoms with E-state index in [4.69, 9.17) is 9.47 Å². The van der Waals surface area contributed by atoms with E-state index in [0.717, 1.165) is 66.4 Å². The maximum atomic E-state index is 12.8. The number of fused-ring (bicyclic) bond motifs is 1. The van der Waals surface area contributed by atoms with Gasteiger partial charge in [0, 0.05) is 56.4 Å². The molecule has 2 aliphatic heterocycles. The summed E-state index contributed by atoms with van der Waals surface area (Å²) in [6, 6.07) is 21.2. The molecule has 0 bridgehead atoms. The molecule has 4 aromatic rings. The highest BCUT2D eigenvalue weighted by molar-refractivity contribution is 5.64. The van der Waals surface area contributed by atoms with Crippen molar-refractivity contribution in [1.82, 2.24) is 20.0 Å². The van der Waals surface area contributed by atoms with Gasteiger partial charge in [-0.05, 0) is 58.0 Å². The molecule has 13 heteroatoms. The molecule has 44 heavy (non-hydrogen) atoms. The number of hydrogen-bond acceptors (Lipinski definition) is 8. The van der Waals surface area contributed by atoms with Gasteiger partial charge in [0.1, 0.15) is 24.7 Å². The summed E-state index contributed by atoms with van der Waals surface area (Å²) in [7, 11) is 0. The molecular formula is C31H31F3N6O4. The summed E-state index contributed by atoms with van der Waals surface area (Å²) in [5.41, 5.74) is 6.64. The number of nitro groups is 1. The molecule has 0 spiro atoms. The maximum Gasteiger partial charge on any atom is 0.416 e. The van der Waals surface area contributed by atoms with Crippen LogP contribution in [-0.4, -0.2) is 58.4 Å². The molecule has 6 rings (SSSR count). The second kappa shape index (κ2) is 12.5. The number of rotatable bonds is 9. The number of ether oxygens (including phenoxy) is 2. The Balaban J connectivity index is 0.925. The van der Waals surface area contributed by atoms with Crippen LogP contribution in [0.5, 0.6) is 11.8 Å². The van der Waals surface area contributed by atoms with Gasteiger partial charge in [-0.2, -0.15) is 13.2 Å². The first-order chi connectivity index (χ1) is 21.2. The standard InChI is InChI=1S/C31H31F3N6O4/c32-31(33,34)25-7-5-24(6-8-25)23-3-1-22(2-4-23)19-35-39-17-15-37(16-18-39)26-9-11-27(12-10-26)43-21-28-13-14-38-20-29(40(41)42)36-30(38)44-28/h1-12,20,28,35H,13-19,21H2/t28-/m1/s1. The van der Waals surface area contributed by atoms with Crippen LogP contribution in [0.2, 0.25) is 0 Å². The van der Waals surface area contributed by atoms with Crippen LogP contribution >= 0.6 is 0 Å². The lowest BCUT2D eigenvalue weighted by atomic mass is 10.0. The van der Waals surface area contributed by atoms with Gasteiger partial charge < -0.3 is 24.5 Å². The Kier molecular flexibility index (Phi) is 8.40. The van der Waals surface area contributed by atoms with Crippen molar-refractivity contribution >= 4 is 11.5 Å². The van der Waals surface area contributed by atoms with Gasteiger partial charge in [-0.15, -0.1) is 0 Å². The number of nitrogens with zero attached hydrogens (tertiary/aromatic N) is 5. The highest BCUT2D eigenvalue weighted by Crippen LogP contribution is 2.31. The van der Waals surface area contributed by atoms with Crippen LogP contribution in [0.1, 0.15) is 17.5 Å². The van der Waals surface area contributed by atoms with Gasteiger partial charge in [0.25, 0.3) is 0 Å². The van der Waals surface area contributed by atoms with Gasteiger partial charge in [0.15, 0.2) is 0 Å². The van der Waals surface area contributed by atoms with Gasteiger partial charge >= 0.3 is 18.0 Å². The summed E-state index contributed by atoms with van der Waals surface area (Å²) < 4.78 is 51.8. The van der Waals surface area contributed by atoms with Crippen LogP contribution in [-0.2, 0) is 19.3 Å². The highest BCUT2D eigenvalue weighted by Gasteiger charge is 2.30. The Labute approximate surface area is 251 Å². The Morgan fingerprint density at radius 3 is 2.23 bits per heavy atom. The third-order valence-electron chi connectivity index (χ3n) is 7.80. The fraction of sp³-hybridized carbons (Fsp3) is 0.323. The molecule has 1 aromatic heterocycles. The summed E-state index contributed by atoms with van der Waals surface area (Å²) in [5, 5.41) is 13.1. The number of aromatic nitrogens is 2. The molecule has 3 heterocycles. The van der Waals surface area contributed by atoms with Gasteiger partial charge in [0.2, 0.25) is 0 Å². The topological polar surface area (TPSA) is 97.9 Å². The molecule has 2 aliphatic rings. The van der Waals surface area contributed by atoms with E-state index < -0.39 is 16.7 Å². The predicted molar refractivity (Wildman–Crippen MR) is 157 cm³/mol. The van der Waals surface area contributed by atoms with E-state index in [1.54, 1.807) is 4.57 Å². The normalized spacial score (nSPS) is 17.2. The van der Waals surface area contributed by atoms with Crippen LogP contribution in [0.3, 0.4) is 0 Å². The summed E-state index contributed by atoms with van der Waals surface area (Å²) in [6.07, 6.45) is -2.52. The van der Waals surface area contributed by atoms with Crippen LogP contribution in [0, 0.1) is 10.1 Å². The Morgan fingerprint density at radius 2 is 1.59 bits per heavy atom. The zero-order valence-electron chi connectivity index (χ0n) is 23.7. The van der Waals surface area contributed by atoms with Gasteiger partial charge in [-0.25, -0.2) is 5.01 Å². The predicted octanol–water partition coefficient (Wildman–Crippen LogP) is 5.53. The Hall–Kier alpha value is -4.62. The molecule has 1 fully saturated rings. The second-order valence-corrected chi connectivity index (χ2v) is 10.7. The molecule has 0 radical (unpaired) electrons. The third-order valence-corrected chi connectivity index (χ3v) is 7.80. The number of anilines is 1. The smallest absolute Gasteiger partial charge is 0.416 e. The fourth-order valence-corrected chi connectivity index (χ4v) is 5.27. The average molecular weight is 609 g/mol. The molecular weight excluding hydrogens is 577 g/mol. The van der Waals surface area contributed by atoms with Gasteiger partial charge in [-0.1, -0.05) is 36.4 Å². The molecule has 1 saturated heterocycles. The Morgan fingerprint density at radius 1 is 0.932 bits per heavy atom. The summed E-state index contributed by atoms with van der Waals surface area (Å²) in [6.45, 7) is 4.96. The number of benzene rings is 3. The second-order valence-electron chi connectivity index (χ2n) is 10.7. The number of aryl methyl sites for hydroxylation is 1. The van der Waals surface area contributed by atoms with E-state index in [1.807, 2.05) is 48.5 Å². The third kappa shape index (κ3) is 6.95. The SMILES string of the molecule is O=[N+]([O-])c1cn2c(n1)O[C@@H](COc1ccc(N3CCN(NCc4ccc(-c5ccc(C(F)(F)F)cc5)cc4)CC3)cc1)CC2. The molecule has 0 amide bonds. The van der Waals surface area contributed by atoms with E-state index in [9.17, 15) is 23.3 Å². The first-order valence-electron chi connectivity index (χ1n) is 14.3. The van der Waals surface area contributed by atoms with Crippen molar-refractivity contribution in [2.24, 2.45) is 0 Å². The first-order valence-corrected chi connectivity index (χ1v) is 14.3. The number of piperazine rings is 1. The van der Waals surface area contributed by atoms with Crippen molar-refractivity contribution in [1.29, 1.82) is 0 Å². The number of hydrogen-bond donors (Lipinski definition) is 1. The molecule has 0 aliphatic carbocycles. The molecule has 3 aromatic carbocycles. The number of alkyl halides is 3. The van der Waals surface area contributed by atoms with Gasteiger partial charge in [-0.3, -0.25) is 9.99 Å². The minimum Gasteiger partial charge on any atom is -0.490 e. The van der Waals surface area contributed by atoms with E-state index in [0.29, 0.717) is 26.1 Å². The lowest BCUT2D eigenvalue weighted by Crippen LogP contribution is -2.51. The molecule has 10 nitrogen and oxygen atoms in total. The number of imidazole rings is 1. The number of halogens is 3. The van der Waals surface area contributed by atoms with Crippen LogP contribution < -0.4 is 19.8 Å². The van der Waals surface area contributed by atoms with Gasteiger partial charge in [0.05, 0.1) is 5.56 Å². The lowest BCUT2D eigenvalue weighted by molar-refractivity contribution is -0.389. The zero-order chi connectivity index (χ0) is 30.7.